The second-order valence-corrected chi connectivity index (χ2v) is 4.62. The maximum absolute atomic E-state index is 13.9. The molecule has 14 heavy (non-hydrogen) atoms. The van der Waals surface area contributed by atoms with Crippen LogP contribution in [0.15, 0.2) is 0 Å². The Morgan fingerprint density at radius 3 is 2.43 bits per heavy atom. The van der Waals surface area contributed by atoms with E-state index in [0.717, 1.165) is 0 Å². The molecule has 0 aromatic carbocycles. The van der Waals surface area contributed by atoms with Gasteiger partial charge in [0.2, 0.25) is 0 Å². The third kappa shape index (κ3) is 1.28. The molecule has 0 bridgehead atoms. The standard InChI is InChI=1S/C10H17FO3/c1-5-6-7(11)10(4)8(12-6)13-9(2,3)14-10/h6-8H,5H2,1-4H3/t6-,7+,8-,10-/m1/s1. The lowest BCUT2D eigenvalue weighted by Crippen LogP contribution is -2.42. The van der Waals surface area contributed by atoms with E-state index in [4.69, 9.17) is 14.2 Å². The Morgan fingerprint density at radius 2 is 1.93 bits per heavy atom. The second kappa shape index (κ2) is 2.90. The van der Waals surface area contributed by atoms with Crippen molar-refractivity contribution in [3.05, 3.63) is 0 Å². The number of fused-ring (bicyclic) bond motifs is 1. The van der Waals surface area contributed by atoms with Gasteiger partial charge in [-0.3, -0.25) is 0 Å². The molecule has 2 rings (SSSR count). The van der Waals surface area contributed by atoms with E-state index in [1.54, 1.807) is 20.8 Å². The van der Waals surface area contributed by atoms with Gasteiger partial charge in [-0.15, -0.1) is 0 Å². The van der Waals surface area contributed by atoms with Crippen LogP contribution in [0.3, 0.4) is 0 Å². The zero-order chi connectivity index (χ0) is 10.6. The summed E-state index contributed by atoms with van der Waals surface area (Å²) in [5.41, 5.74) is -0.940. The predicted octanol–water partition coefficient (Wildman–Crippen LogP) is 2.00. The summed E-state index contributed by atoms with van der Waals surface area (Å²) in [4.78, 5) is 0. The summed E-state index contributed by atoms with van der Waals surface area (Å²) < 4.78 is 30.5. The third-order valence-corrected chi connectivity index (χ3v) is 2.90. The van der Waals surface area contributed by atoms with Gasteiger partial charge in [-0.05, 0) is 27.2 Å². The molecule has 2 aliphatic rings. The van der Waals surface area contributed by atoms with Gasteiger partial charge in [0.15, 0.2) is 23.8 Å². The molecule has 0 radical (unpaired) electrons. The predicted molar refractivity (Wildman–Crippen MR) is 48.5 cm³/mol. The minimum Gasteiger partial charge on any atom is -0.343 e. The number of hydrogen-bond donors (Lipinski definition) is 0. The Morgan fingerprint density at radius 1 is 1.29 bits per heavy atom. The molecule has 4 heteroatoms. The zero-order valence-corrected chi connectivity index (χ0v) is 9.04. The van der Waals surface area contributed by atoms with Crippen LogP contribution in [0.5, 0.6) is 0 Å². The average Bonchev–Trinajstić information content (AvgIpc) is 2.42. The van der Waals surface area contributed by atoms with Gasteiger partial charge < -0.3 is 14.2 Å². The van der Waals surface area contributed by atoms with Crippen LogP contribution in [0.25, 0.3) is 0 Å². The average molecular weight is 204 g/mol. The lowest BCUT2D eigenvalue weighted by atomic mass is 9.98. The molecule has 2 saturated heterocycles. The fraction of sp³-hybridized carbons (Fsp3) is 1.00. The molecule has 0 amide bonds. The van der Waals surface area contributed by atoms with E-state index < -0.39 is 30.0 Å². The lowest BCUT2D eigenvalue weighted by Gasteiger charge is -2.26. The second-order valence-electron chi connectivity index (χ2n) is 4.62. The Hall–Kier alpha value is -0.190. The molecule has 0 N–H and O–H groups in total. The molecule has 0 unspecified atom stereocenters. The van der Waals surface area contributed by atoms with Crippen molar-refractivity contribution in [1.29, 1.82) is 0 Å². The van der Waals surface area contributed by atoms with E-state index in [0.29, 0.717) is 6.42 Å². The van der Waals surface area contributed by atoms with E-state index >= 15 is 0 Å². The molecular weight excluding hydrogens is 187 g/mol. The third-order valence-electron chi connectivity index (χ3n) is 2.90. The molecule has 4 atom stereocenters. The normalized spacial score (nSPS) is 50.8. The van der Waals surface area contributed by atoms with Gasteiger partial charge in [-0.2, -0.15) is 0 Å². The largest absolute Gasteiger partial charge is 0.343 e. The summed E-state index contributed by atoms with van der Waals surface area (Å²) in [6.45, 7) is 7.15. The van der Waals surface area contributed by atoms with E-state index in [2.05, 4.69) is 0 Å². The van der Waals surface area contributed by atoms with Crippen LogP contribution in [-0.4, -0.2) is 30.0 Å². The van der Waals surface area contributed by atoms with Gasteiger partial charge in [0.1, 0.15) is 0 Å². The van der Waals surface area contributed by atoms with Gasteiger partial charge in [-0.25, -0.2) is 4.39 Å². The molecule has 0 aromatic heterocycles. The molecule has 0 saturated carbocycles. The highest BCUT2D eigenvalue weighted by atomic mass is 19.1. The fourth-order valence-electron chi connectivity index (χ4n) is 2.23. The zero-order valence-electron chi connectivity index (χ0n) is 9.04. The first-order chi connectivity index (χ1) is 6.39. The summed E-state index contributed by atoms with van der Waals surface area (Å²) in [6, 6.07) is 0. The highest BCUT2D eigenvalue weighted by molar-refractivity contribution is 5.02. The number of alkyl halides is 1. The Balaban J connectivity index is 2.21. The number of rotatable bonds is 1. The molecule has 0 aromatic rings. The molecule has 82 valence electrons. The van der Waals surface area contributed by atoms with Gasteiger partial charge in [0.25, 0.3) is 0 Å². The maximum Gasteiger partial charge on any atom is 0.193 e. The van der Waals surface area contributed by atoms with Crippen LogP contribution < -0.4 is 0 Å². The quantitative estimate of drug-likeness (QED) is 0.653. The molecule has 2 fully saturated rings. The van der Waals surface area contributed by atoms with Crippen LogP contribution in [0, 0.1) is 0 Å². The monoisotopic (exact) mass is 204 g/mol. The Bertz CT molecular complexity index is 244. The summed E-state index contributed by atoms with van der Waals surface area (Å²) >= 11 is 0. The van der Waals surface area contributed by atoms with E-state index in [-0.39, 0.29) is 0 Å². The molecule has 2 heterocycles. The van der Waals surface area contributed by atoms with Gasteiger partial charge in [0.05, 0.1) is 6.10 Å². The number of ether oxygens (including phenoxy) is 3. The van der Waals surface area contributed by atoms with Crippen LogP contribution in [0.2, 0.25) is 0 Å². The van der Waals surface area contributed by atoms with Crippen molar-refractivity contribution in [3.8, 4) is 0 Å². The van der Waals surface area contributed by atoms with Crippen LogP contribution in [0.4, 0.5) is 4.39 Å². The van der Waals surface area contributed by atoms with Crippen LogP contribution >= 0.6 is 0 Å². The van der Waals surface area contributed by atoms with Gasteiger partial charge in [-0.1, -0.05) is 6.92 Å². The fourth-order valence-corrected chi connectivity index (χ4v) is 2.23. The summed E-state index contributed by atoms with van der Waals surface area (Å²) in [6.07, 6.45) is -1.45. The SMILES string of the molecule is CC[C@H]1O[C@@H]2OC(C)(C)O[C@]2(C)[C@H]1F. The van der Waals surface area contributed by atoms with Crippen LogP contribution in [-0.2, 0) is 14.2 Å². The van der Waals surface area contributed by atoms with Crippen molar-refractivity contribution >= 4 is 0 Å². The van der Waals surface area contributed by atoms with Crippen molar-refractivity contribution in [2.75, 3.05) is 0 Å². The van der Waals surface area contributed by atoms with Crippen molar-refractivity contribution in [2.24, 2.45) is 0 Å². The molecule has 0 aliphatic carbocycles. The van der Waals surface area contributed by atoms with Crippen molar-refractivity contribution in [3.63, 3.8) is 0 Å². The Kier molecular flexibility index (Phi) is 2.14. The number of hydrogen-bond acceptors (Lipinski definition) is 3. The first-order valence-corrected chi connectivity index (χ1v) is 5.06. The van der Waals surface area contributed by atoms with Gasteiger partial charge in [0, 0.05) is 0 Å². The minimum absolute atomic E-state index is 0.402. The number of halogens is 1. The first-order valence-electron chi connectivity index (χ1n) is 5.06. The maximum atomic E-state index is 13.9. The van der Waals surface area contributed by atoms with Crippen LogP contribution in [0.1, 0.15) is 34.1 Å². The van der Waals surface area contributed by atoms with Crippen molar-refractivity contribution < 1.29 is 18.6 Å². The topological polar surface area (TPSA) is 27.7 Å². The van der Waals surface area contributed by atoms with Crippen molar-refractivity contribution in [2.45, 2.75) is 64.1 Å². The van der Waals surface area contributed by atoms with E-state index in [1.807, 2.05) is 6.92 Å². The highest BCUT2D eigenvalue weighted by Gasteiger charge is 2.63. The van der Waals surface area contributed by atoms with Crippen molar-refractivity contribution in [1.82, 2.24) is 0 Å². The lowest BCUT2D eigenvalue weighted by molar-refractivity contribution is -0.214. The Labute approximate surface area is 83.5 Å². The summed E-state index contributed by atoms with van der Waals surface area (Å²) in [5.74, 6) is -0.748. The highest BCUT2D eigenvalue weighted by Crippen LogP contribution is 2.47. The molecule has 2 aliphatic heterocycles. The van der Waals surface area contributed by atoms with E-state index in [9.17, 15) is 4.39 Å². The molecular formula is C10H17FO3. The molecule has 0 spiro atoms. The minimum atomic E-state index is -1.11. The smallest absolute Gasteiger partial charge is 0.193 e. The first kappa shape index (κ1) is 10.3. The van der Waals surface area contributed by atoms with E-state index in [1.165, 1.54) is 0 Å². The summed E-state index contributed by atoms with van der Waals surface area (Å²) in [7, 11) is 0. The van der Waals surface area contributed by atoms with Gasteiger partial charge >= 0.3 is 0 Å². The molecule has 3 nitrogen and oxygen atoms in total. The summed E-state index contributed by atoms with van der Waals surface area (Å²) in [5, 5.41) is 0.